The lowest BCUT2D eigenvalue weighted by atomic mass is 10.1. The van der Waals surface area contributed by atoms with Crippen LogP contribution in [-0.4, -0.2) is 62.2 Å². The average Bonchev–Trinajstić information content (AvgIpc) is 2.77. The first-order valence-corrected chi connectivity index (χ1v) is 13.6. The number of nitrogens with zero attached hydrogens (tertiary/aromatic N) is 3. The highest BCUT2D eigenvalue weighted by Gasteiger charge is 2.34. The number of amides is 2. The van der Waals surface area contributed by atoms with Gasteiger partial charge in [-0.2, -0.15) is 12.7 Å². The Kier molecular flexibility index (Phi) is 10.2. The van der Waals surface area contributed by atoms with Crippen LogP contribution in [0.1, 0.15) is 37.5 Å². The molecule has 0 saturated carbocycles. The lowest BCUT2D eigenvalue weighted by Gasteiger charge is -2.34. The maximum Gasteiger partial charge on any atom is 0.304 e. The van der Waals surface area contributed by atoms with Gasteiger partial charge < -0.3 is 10.2 Å². The molecule has 2 aromatic rings. The van der Waals surface area contributed by atoms with Crippen molar-refractivity contribution in [2.45, 2.75) is 53.2 Å². The maximum absolute atomic E-state index is 13.8. The summed E-state index contributed by atoms with van der Waals surface area (Å²) < 4.78 is 28.8. The van der Waals surface area contributed by atoms with Gasteiger partial charge in [-0.05, 0) is 63.9 Å². The molecule has 1 atom stereocenters. The number of hydrogen-bond acceptors (Lipinski definition) is 4. The molecule has 0 aromatic heterocycles. The van der Waals surface area contributed by atoms with Crippen LogP contribution in [0.4, 0.5) is 5.69 Å². The van der Waals surface area contributed by atoms with Crippen LogP contribution < -0.4 is 9.62 Å². The minimum absolute atomic E-state index is 0.0767. The van der Waals surface area contributed by atoms with E-state index in [1.54, 1.807) is 44.2 Å². The average molecular weight is 558 g/mol. The molecule has 1 unspecified atom stereocenters. The SMILES string of the molecule is Cc1ccc(C)c(N(CC(=O)N(Cc2c(Cl)cccc2Cl)C(C)C(=O)NC(C)C)S(=O)(=O)N(C)C)c1. The van der Waals surface area contributed by atoms with E-state index >= 15 is 0 Å². The largest absolute Gasteiger partial charge is 0.352 e. The third kappa shape index (κ3) is 7.12. The topological polar surface area (TPSA) is 90.0 Å². The summed E-state index contributed by atoms with van der Waals surface area (Å²) in [6.07, 6.45) is 0. The van der Waals surface area contributed by atoms with E-state index in [2.05, 4.69) is 5.32 Å². The number of benzene rings is 2. The van der Waals surface area contributed by atoms with Gasteiger partial charge in [0.15, 0.2) is 0 Å². The number of nitrogens with one attached hydrogen (secondary N) is 1. The third-order valence-corrected chi connectivity index (χ3v) is 8.15. The Morgan fingerprint density at radius 1 is 1.00 bits per heavy atom. The summed E-state index contributed by atoms with van der Waals surface area (Å²) in [5, 5.41) is 3.48. The van der Waals surface area contributed by atoms with Crippen LogP contribution in [0.25, 0.3) is 0 Å². The van der Waals surface area contributed by atoms with Crippen molar-refractivity contribution in [1.29, 1.82) is 0 Å². The molecule has 36 heavy (non-hydrogen) atoms. The summed E-state index contributed by atoms with van der Waals surface area (Å²) in [7, 11) is -1.25. The molecule has 0 saturated heterocycles. The number of rotatable bonds is 10. The summed E-state index contributed by atoms with van der Waals surface area (Å²) >= 11 is 12.7. The fourth-order valence-corrected chi connectivity index (χ4v) is 5.16. The van der Waals surface area contributed by atoms with Crippen molar-refractivity contribution in [3.05, 3.63) is 63.1 Å². The number of carbonyl (C=O) groups excluding carboxylic acids is 2. The smallest absolute Gasteiger partial charge is 0.304 e. The number of hydrogen-bond donors (Lipinski definition) is 1. The third-order valence-electron chi connectivity index (χ3n) is 5.64. The second-order valence-corrected chi connectivity index (χ2v) is 12.0. The summed E-state index contributed by atoms with van der Waals surface area (Å²) in [6, 6.07) is 9.27. The second-order valence-electron chi connectivity index (χ2n) is 9.15. The number of aryl methyl sites for hydroxylation is 2. The van der Waals surface area contributed by atoms with E-state index in [1.807, 2.05) is 26.8 Å². The highest BCUT2D eigenvalue weighted by atomic mass is 35.5. The van der Waals surface area contributed by atoms with Crippen molar-refractivity contribution < 1.29 is 18.0 Å². The molecular weight excluding hydrogens is 523 g/mol. The van der Waals surface area contributed by atoms with E-state index in [0.29, 0.717) is 26.9 Å². The first-order valence-electron chi connectivity index (χ1n) is 11.5. The quantitative estimate of drug-likeness (QED) is 0.475. The molecule has 11 heteroatoms. The molecule has 0 radical (unpaired) electrons. The van der Waals surface area contributed by atoms with Crippen molar-refractivity contribution in [1.82, 2.24) is 14.5 Å². The van der Waals surface area contributed by atoms with E-state index in [9.17, 15) is 18.0 Å². The van der Waals surface area contributed by atoms with Crippen molar-refractivity contribution >= 4 is 50.9 Å². The second kappa shape index (κ2) is 12.3. The fourth-order valence-electron chi connectivity index (χ4n) is 3.53. The Labute approximate surface area is 224 Å². The summed E-state index contributed by atoms with van der Waals surface area (Å²) in [6.45, 7) is 8.23. The van der Waals surface area contributed by atoms with E-state index in [-0.39, 0.29) is 18.5 Å². The lowest BCUT2D eigenvalue weighted by Crippen LogP contribution is -2.53. The molecule has 1 N–H and O–H groups in total. The first kappa shape index (κ1) is 29.9. The van der Waals surface area contributed by atoms with Gasteiger partial charge in [-0.3, -0.25) is 9.59 Å². The Bertz CT molecular complexity index is 1200. The lowest BCUT2D eigenvalue weighted by molar-refractivity contribution is -0.139. The predicted octanol–water partition coefficient (Wildman–Crippen LogP) is 4.16. The molecule has 198 valence electrons. The van der Waals surface area contributed by atoms with Gasteiger partial charge in [0.2, 0.25) is 11.8 Å². The van der Waals surface area contributed by atoms with Crippen LogP contribution in [0.5, 0.6) is 0 Å². The first-order chi connectivity index (χ1) is 16.7. The van der Waals surface area contributed by atoms with Gasteiger partial charge in [-0.1, -0.05) is 41.4 Å². The highest BCUT2D eigenvalue weighted by molar-refractivity contribution is 7.90. The molecule has 2 amide bonds. The summed E-state index contributed by atoms with van der Waals surface area (Å²) in [5.41, 5.74) is 2.37. The highest BCUT2D eigenvalue weighted by Crippen LogP contribution is 2.28. The van der Waals surface area contributed by atoms with E-state index in [1.165, 1.54) is 19.0 Å². The Morgan fingerprint density at radius 2 is 1.58 bits per heavy atom. The van der Waals surface area contributed by atoms with E-state index < -0.39 is 28.7 Å². The molecule has 0 aliphatic rings. The minimum atomic E-state index is -4.05. The van der Waals surface area contributed by atoms with Crippen molar-refractivity contribution in [3.63, 3.8) is 0 Å². The van der Waals surface area contributed by atoms with E-state index in [4.69, 9.17) is 23.2 Å². The van der Waals surface area contributed by atoms with Crippen LogP contribution in [0.15, 0.2) is 36.4 Å². The molecule has 8 nitrogen and oxygen atoms in total. The predicted molar refractivity (Wildman–Crippen MR) is 146 cm³/mol. The van der Waals surface area contributed by atoms with Gasteiger partial charge in [-0.15, -0.1) is 0 Å². The van der Waals surface area contributed by atoms with Crippen LogP contribution in [-0.2, 0) is 26.3 Å². The zero-order valence-corrected chi connectivity index (χ0v) is 24.0. The molecule has 0 bridgehead atoms. The zero-order chi connectivity index (χ0) is 27.4. The standard InChI is InChI=1S/C25H34Cl2N4O4S/c1-16(2)28-25(33)19(5)30(14-20-21(26)9-8-10-22(20)27)24(32)15-31(36(34,35)29(6)7)23-13-17(3)11-12-18(23)4/h8-13,16,19H,14-15H2,1-7H3,(H,28,33). The number of halogens is 2. The van der Waals surface area contributed by atoms with Gasteiger partial charge in [0.05, 0.1) is 5.69 Å². The van der Waals surface area contributed by atoms with Gasteiger partial charge in [0.1, 0.15) is 12.6 Å². The van der Waals surface area contributed by atoms with Crippen molar-refractivity contribution in [3.8, 4) is 0 Å². The van der Waals surface area contributed by atoms with Crippen LogP contribution in [0.2, 0.25) is 10.0 Å². The van der Waals surface area contributed by atoms with Crippen LogP contribution in [0.3, 0.4) is 0 Å². The van der Waals surface area contributed by atoms with E-state index in [0.717, 1.165) is 14.2 Å². The van der Waals surface area contributed by atoms with Gasteiger partial charge in [0.25, 0.3) is 0 Å². The Hall–Kier alpha value is -2.33. The molecule has 2 rings (SSSR count). The molecule has 2 aromatic carbocycles. The van der Waals surface area contributed by atoms with Crippen molar-refractivity contribution in [2.24, 2.45) is 0 Å². The molecule has 0 heterocycles. The van der Waals surface area contributed by atoms with Gasteiger partial charge in [-0.25, -0.2) is 4.31 Å². The Balaban J connectivity index is 2.57. The summed E-state index contributed by atoms with van der Waals surface area (Å²) in [4.78, 5) is 28.0. The normalized spacial score (nSPS) is 12.5. The molecule has 0 spiro atoms. The van der Waals surface area contributed by atoms with Gasteiger partial charge in [0, 0.05) is 42.3 Å². The van der Waals surface area contributed by atoms with Crippen LogP contribution >= 0.6 is 23.2 Å². The molecule has 0 fully saturated rings. The fraction of sp³-hybridized carbons (Fsp3) is 0.440. The monoisotopic (exact) mass is 556 g/mol. The maximum atomic E-state index is 13.8. The number of anilines is 1. The minimum Gasteiger partial charge on any atom is -0.352 e. The number of carbonyl (C=O) groups is 2. The molecule has 0 aliphatic carbocycles. The summed E-state index contributed by atoms with van der Waals surface area (Å²) in [5.74, 6) is -0.959. The molecular formula is C25H34Cl2N4O4S. The van der Waals surface area contributed by atoms with Crippen LogP contribution in [0, 0.1) is 13.8 Å². The van der Waals surface area contributed by atoms with Crippen molar-refractivity contribution in [2.75, 3.05) is 24.9 Å². The zero-order valence-electron chi connectivity index (χ0n) is 21.7. The van der Waals surface area contributed by atoms with Gasteiger partial charge >= 0.3 is 10.2 Å². The Morgan fingerprint density at radius 3 is 2.11 bits per heavy atom. The molecule has 0 aliphatic heterocycles.